The van der Waals surface area contributed by atoms with Crippen LogP contribution in [-0.2, 0) is 13.0 Å². The zero-order chi connectivity index (χ0) is 12.5. The van der Waals surface area contributed by atoms with E-state index in [9.17, 15) is 0 Å². The third-order valence-electron chi connectivity index (χ3n) is 3.58. The van der Waals surface area contributed by atoms with E-state index in [-0.39, 0.29) is 0 Å². The minimum Gasteiger partial charge on any atom is -0.270 e. The number of aryl methyl sites for hydroxylation is 1. The highest BCUT2D eigenvalue weighted by atomic mass is 127. The Morgan fingerprint density at radius 2 is 2.22 bits per heavy atom. The minimum atomic E-state index is 0.609. The normalized spacial score (nSPS) is 18.7. The molecule has 2 nitrogen and oxygen atoms in total. The molecule has 0 fully saturated rings. The molecule has 0 aliphatic heterocycles. The number of halogens is 2. The van der Waals surface area contributed by atoms with Crippen molar-refractivity contribution in [1.29, 1.82) is 0 Å². The molecular formula is C14H14BrIN2. The van der Waals surface area contributed by atoms with Crippen molar-refractivity contribution in [2.24, 2.45) is 0 Å². The van der Waals surface area contributed by atoms with Crippen LogP contribution < -0.4 is 0 Å². The van der Waals surface area contributed by atoms with Crippen LogP contribution in [0.15, 0.2) is 34.9 Å². The van der Waals surface area contributed by atoms with E-state index in [1.165, 1.54) is 30.4 Å². The molecule has 0 spiro atoms. The van der Waals surface area contributed by atoms with Gasteiger partial charge < -0.3 is 0 Å². The molecular weight excluding hydrogens is 403 g/mol. The zero-order valence-electron chi connectivity index (χ0n) is 9.94. The second-order valence-electron chi connectivity index (χ2n) is 4.78. The Bertz CT molecular complexity index is 545. The van der Waals surface area contributed by atoms with Crippen molar-refractivity contribution >= 4 is 38.5 Å². The Morgan fingerprint density at radius 3 is 3.00 bits per heavy atom. The quantitative estimate of drug-likeness (QED) is 0.664. The van der Waals surface area contributed by atoms with Crippen LogP contribution in [0.2, 0.25) is 0 Å². The van der Waals surface area contributed by atoms with Crippen molar-refractivity contribution < 1.29 is 0 Å². The van der Waals surface area contributed by atoms with E-state index in [1.54, 1.807) is 0 Å². The second kappa shape index (κ2) is 5.33. The predicted molar refractivity (Wildman–Crippen MR) is 84.8 cm³/mol. The molecule has 0 bridgehead atoms. The molecule has 3 rings (SSSR count). The highest BCUT2D eigenvalue weighted by Gasteiger charge is 2.20. The number of hydrogen-bond acceptors (Lipinski definition) is 1. The van der Waals surface area contributed by atoms with Gasteiger partial charge in [0.15, 0.2) is 0 Å². The van der Waals surface area contributed by atoms with Gasteiger partial charge in [-0.05, 0) is 68.9 Å². The van der Waals surface area contributed by atoms with E-state index in [0.29, 0.717) is 5.92 Å². The number of benzene rings is 1. The number of nitrogens with zero attached hydrogens (tertiary/aromatic N) is 2. The molecule has 1 aromatic heterocycles. The van der Waals surface area contributed by atoms with Gasteiger partial charge in [-0.3, -0.25) is 4.68 Å². The first kappa shape index (κ1) is 12.7. The average molecular weight is 417 g/mol. The monoisotopic (exact) mass is 416 g/mol. The molecule has 18 heavy (non-hydrogen) atoms. The summed E-state index contributed by atoms with van der Waals surface area (Å²) < 4.78 is 4.20. The summed E-state index contributed by atoms with van der Waals surface area (Å²) in [6, 6.07) is 8.85. The van der Waals surface area contributed by atoms with Crippen LogP contribution in [0.4, 0.5) is 0 Å². The molecule has 0 amide bonds. The lowest BCUT2D eigenvalue weighted by molar-refractivity contribution is 0.456. The van der Waals surface area contributed by atoms with E-state index in [4.69, 9.17) is 0 Å². The van der Waals surface area contributed by atoms with Crippen LogP contribution >= 0.6 is 38.5 Å². The van der Waals surface area contributed by atoms with E-state index in [1.807, 2.05) is 0 Å². The first-order chi connectivity index (χ1) is 8.74. The lowest BCUT2D eigenvalue weighted by Gasteiger charge is -2.25. The molecule has 0 radical (unpaired) electrons. The van der Waals surface area contributed by atoms with Crippen LogP contribution in [0.1, 0.15) is 29.9 Å². The van der Waals surface area contributed by atoms with E-state index < -0.39 is 0 Å². The molecule has 1 aliphatic rings. The lowest BCUT2D eigenvalue weighted by Crippen LogP contribution is -2.15. The van der Waals surface area contributed by atoms with Crippen LogP contribution in [0.3, 0.4) is 0 Å². The van der Waals surface area contributed by atoms with Gasteiger partial charge in [-0.25, -0.2) is 0 Å². The Morgan fingerprint density at radius 1 is 1.39 bits per heavy atom. The fraction of sp³-hybridized carbons (Fsp3) is 0.357. The molecule has 1 aliphatic carbocycles. The summed E-state index contributed by atoms with van der Waals surface area (Å²) >= 11 is 5.78. The van der Waals surface area contributed by atoms with Gasteiger partial charge >= 0.3 is 0 Å². The molecule has 2 aromatic rings. The van der Waals surface area contributed by atoms with E-state index >= 15 is 0 Å². The average Bonchev–Trinajstić information content (AvgIpc) is 2.69. The minimum absolute atomic E-state index is 0.609. The Hall–Kier alpha value is -0.360. The largest absolute Gasteiger partial charge is 0.270 e. The van der Waals surface area contributed by atoms with E-state index in [2.05, 4.69) is 78.8 Å². The first-order valence-electron chi connectivity index (χ1n) is 6.20. The van der Waals surface area contributed by atoms with Gasteiger partial charge in [-0.2, -0.15) is 5.10 Å². The van der Waals surface area contributed by atoms with Crippen molar-refractivity contribution in [3.8, 4) is 0 Å². The molecule has 0 N–H and O–H groups in total. The fourth-order valence-corrected chi connectivity index (χ4v) is 3.47. The highest BCUT2D eigenvalue weighted by Crippen LogP contribution is 2.32. The standard InChI is InChI=1S/C14H14BrIN2/c15-13-9-18(17-14(13)16)8-11-6-3-5-10-4-1-2-7-12(10)11/h1-2,4,7,9,11H,3,5-6,8H2. The van der Waals surface area contributed by atoms with Crippen molar-refractivity contribution in [2.75, 3.05) is 0 Å². The van der Waals surface area contributed by atoms with Crippen molar-refractivity contribution in [2.45, 2.75) is 31.7 Å². The van der Waals surface area contributed by atoms with Gasteiger partial charge in [0.25, 0.3) is 0 Å². The summed E-state index contributed by atoms with van der Waals surface area (Å²) in [6.07, 6.45) is 5.87. The molecule has 4 heteroatoms. The van der Waals surface area contributed by atoms with Crippen molar-refractivity contribution in [3.05, 3.63) is 49.8 Å². The van der Waals surface area contributed by atoms with Crippen LogP contribution in [0, 0.1) is 3.70 Å². The van der Waals surface area contributed by atoms with Gasteiger partial charge in [-0.15, -0.1) is 0 Å². The van der Waals surface area contributed by atoms with Gasteiger partial charge in [0.1, 0.15) is 3.70 Å². The maximum atomic E-state index is 4.53. The number of rotatable bonds is 2. The Labute approximate surface area is 129 Å². The summed E-state index contributed by atoms with van der Waals surface area (Å²) in [5.41, 5.74) is 3.04. The molecule has 1 heterocycles. The van der Waals surface area contributed by atoms with E-state index in [0.717, 1.165) is 14.7 Å². The van der Waals surface area contributed by atoms with Gasteiger partial charge in [0, 0.05) is 18.7 Å². The van der Waals surface area contributed by atoms with Crippen molar-refractivity contribution in [1.82, 2.24) is 9.78 Å². The molecule has 94 valence electrons. The molecule has 0 saturated carbocycles. The van der Waals surface area contributed by atoms with Gasteiger partial charge in [0.05, 0.1) is 4.47 Å². The summed E-state index contributed by atoms with van der Waals surface area (Å²) in [7, 11) is 0. The van der Waals surface area contributed by atoms with Crippen LogP contribution in [0.5, 0.6) is 0 Å². The number of aromatic nitrogens is 2. The third-order valence-corrected chi connectivity index (χ3v) is 5.70. The molecule has 0 saturated heterocycles. The maximum Gasteiger partial charge on any atom is 0.137 e. The zero-order valence-corrected chi connectivity index (χ0v) is 13.7. The maximum absolute atomic E-state index is 4.53. The van der Waals surface area contributed by atoms with Crippen LogP contribution in [-0.4, -0.2) is 9.78 Å². The Balaban J connectivity index is 1.86. The van der Waals surface area contributed by atoms with Gasteiger partial charge in [0.2, 0.25) is 0 Å². The van der Waals surface area contributed by atoms with Crippen LogP contribution in [0.25, 0.3) is 0 Å². The highest BCUT2D eigenvalue weighted by molar-refractivity contribution is 14.1. The smallest absolute Gasteiger partial charge is 0.137 e. The fourth-order valence-electron chi connectivity index (χ4n) is 2.74. The Kier molecular flexibility index (Phi) is 3.75. The molecule has 1 unspecified atom stereocenters. The summed E-state index contributed by atoms with van der Waals surface area (Å²) in [4.78, 5) is 0. The second-order valence-corrected chi connectivity index (χ2v) is 6.65. The van der Waals surface area contributed by atoms with Crippen molar-refractivity contribution in [3.63, 3.8) is 0 Å². The predicted octanol–water partition coefficient (Wildman–Crippen LogP) is 4.37. The first-order valence-corrected chi connectivity index (χ1v) is 8.07. The number of hydrogen-bond donors (Lipinski definition) is 0. The topological polar surface area (TPSA) is 17.8 Å². The summed E-state index contributed by atoms with van der Waals surface area (Å²) in [5, 5.41) is 4.53. The SMILES string of the molecule is Brc1cn(CC2CCCc3ccccc32)nc1I. The summed E-state index contributed by atoms with van der Waals surface area (Å²) in [6.45, 7) is 0.985. The molecule has 1 aromatic carbocycles. The third kappa shape index (κ3) is 2.50. The van der Waals surface area contributed by atoms with Gasteiger partial charge in [-0.1, -0.05) is 24.3 Å². The lowest BCUT2D eigenvalue weighted by atomic mass is 9.83. The summed E-state index contributed by atoms with van der Waals surface area (Å²) in [5.74, 6) is 0.609. The molecule has 1 atom stereocenters. The number of fused-ring (bicyclic) bond motifs is 1.